The van der Waals surface area contributed by atoms with Crippen LogP contribution in [0.1, 0.15) is 17.3 Å². The fourth-order valence-corrected chi connectivity index (χ4v) is 2.25. The highest BCUT2D eigenvalue weighted by Crippen LogP contribution is 2.25. The predicted octanol–water partition coefficient (Wildman–Crippen LogP) is 2.32. The maximum Gasteiger partial charge on any atom is 0.257 e. The van der Waals surface area contributed by atoms with Crippen LogP contribution in [0.25, 0.3) is 0 Å². The van der Waals surface area contributed by atoms with Crippen LogP contribution in [0.2, 0.25) is 0 Å². The standard InChI is InChI=1S/C13H16BrNO3/c1-2-18-12-4-3-10(14)9-11(12)13(16)15-5-7-17-8-6-15/h3-4,9H,2,5-8H2,1H3. The topological polar surface area (TPSA) is 38.8 Å². The van der Waals surface area contributed by atoms with Gasteiger partial charge in [0.15, 0.2) is 0 Å². The average molecular weight is 314 g/mol. The Bertz CT molecular complexity index is 430. The van der Waals surface area contributed by atoms with Gasteiger partial charge < -0.3 is 14.4 Å². The zero-order valence-electron chi connectivity index (χ0n) is 10.3. The normalized spacial score (nSPS) is 15.6. The minimum Gasteiger partial charge on any atom is -0.493 e. The molecular formula is C13H16BrNO3. The smallest absolute Gasteiger partial charge is 0.257 e. The Balaban J connectivity index is 2.24. The Hall–Kier alpha value is -1.07. The third-order valence-electron chi connectivity index (χ3n) is 2.77. The van der Waals surface area contributed by atoms with Crippen molar-refractivity contribution in [2.45, 2.75) is 6.92 Å². The van der Waals surface area contributed by atoms with E-state index in [0.717, 1.165) is 4.47 Å². The molecule has 0 radical (unpaired) electrons. The van der Waals surface area contributed by atoms with Gasteiger partial charge >= 0.3 is 0 Å². The Morgan fingerprint density at radius 3 is 2.83 bits per heavy atom. The van der Waals surface area contributed by atoms with Gasteiger partial charge in [-0.05, 0) is 25.1 Å². The van der Waals surface area contributed by atoms with Crippen LogP contribution in [0.5, 0.6) is 5.75 Å². The molecule has 1 amide bonds. The van der Waals surface area contributed by atoms with Crippen LogP contribution < -0.4 is 4.74 Å². The number of carbonyl (C=O) groups is 1. The fourth-order valence-electron chi connectivity index (χ4n) is 1.89. The summed E-state index contributed by atoms with van der Waals surface area (Å²) >= 11 is 3.39. The lowest BCUT2D eigenvalue weighted by Crippen LogP contribution is -2.40. The second-order valence-corrected chi connectivity index (χ2v) is 4.89. The third-order valence-corrected chi connectivity index (χ3v) is 3.26. The third kappa shape index (κ3) is 3.03. The van der Waals surface area contributed by atoms with Crippen LogP contribution in [-0.2, 0) is 4.74 Å². The van der Waals surface area contributed by atoms with E-state index in [9.17, 15) is 4.79 Å². The van der Waals surface area contributed by atoms with Gasteiger partial charge in [-0.3, -0.25) is 4.79 Å². The summed E-state index contributed by atoms with van der Waals surface area (Å²) in [6.07, 6.45) is 0. The van der Waals surface area contributed by atoms with E-state index in [1.807, 2.05) is 25.1 Å². The SMILES string of the molecule is CCOc1ccc(Br)cc1C(=O)N1CCOCC1. The predicted molar refractivity (Wildman–Crippen MR) is 72.0 cm³/mol. The molecule has 1 saturated heterocycles. The molecule has 1 heterocycles. The first-order valence-electron chi connectivity index (χ1n) is 6.01. The lowest BCUT2D eigenvalue weighted by atomic mass is 10.1. The molecule has 4 nitrogen and oxygen atoms in total. The van der Waals surface area contributed by atoms with Gasteiger partial charge in [-0.15, -0.1) is 0 Å². The number of hydrogen-bond acceptors (Lipinski definition) is 3. The van der Waals surface area contributed by atoms with Crippen molar-refractivity contribution in [2.75, 3.05) is 32.9 Å². The van der Waals surface area contributed by atoms with Crippen molar-refractivity contribution >= 4 is 21.8 Å². The van der Waals surface area contributed by atoms with Gasteiger partial charge in [0, 0.05) is 17.6 Å². The largest absolute Gasteiger partial charge is 0.493 e. The van der Waals surface area contributed by atoms with Crippen molar-refractivity contribution in [3.05, 3.63) is 28.2 Å². The van der Waals surface area contributed by atoms with Crippen molar-refractivity contribution in [1.29, 1.82) is 0 Å². The number of rotatable bonds is 3. The van der Waals surface area contributed by atoms with E-state index in [-0.39, 0.29) is 5.91 Å². The molecule has 0 saturated carbocycles. The lowest BCUT2D eigenvalue weighted by molar-refractivity contribution is 0.0300. The molecule has 18 heavy (non-hydrogen) atoms. The highest BCUT2D eigenvalue weighted by molar-refractivity contribution is 9.10. The summed E-state index contributed by atoms with van der Waals surface area (Å²) in [4.78, 5) is 14.2. The summed E-state index contributed by atoms with van der Waals surface area (Å²) in [6.45, 7) is 4.93. The first-order chi connectivity index (χ1) is 8.72. The van der Waals surface area contributed by atoms with Crippen LogP contribution in [0, 0.1) is 0 Å². The molecule has 1 aromatic rings. The monoisotopic (exact) mass is 313 g/mol. The van der Waals surface area contributed by atoms with Crippen molar-refractivity contribution in [3.63, 3.8) is 0 Å². The minimum atomic E-state index is 0.00282. The molecule has 0 bridgehead atoms. The van der Waals surface area contributed by atoms with Gasteiger partial charge in [0.05, 0.1) is 25.4 Å². The van der Waals surface area contributed by atoms with E-state index in [4.69, 9.17) is 9.47 Å². The van der Waals surface area contributed by atoms with Crippen molar-refractivity contribution < 1.29 is 14.3 Å². The van der Waals surface area contributed by atoms with E-state index in [2.05, 4.69) is 15.9 Å². The molecule has 2 rings (SSSR count). The summed E-state index contributed by atoms with van der Waals surface area (Å²) < 4.78 is 11.6. The molecule has 5 heteroatoms. The Morgan fingerprint density at radius 1 is 1.44 bits per heavy atom. The molecule has 1 aromatic carbocycles. The molecule has 1 aliphatic rings. The van der Waals surface area contributed by atoms with Crippen molar-refractivity contribution in [1.82, 2.24) is 4.90 Å². The van der Waals surface area contributed by atoms with E-state index < -0.39 is 0 Å². The number of nitrogens with zero attached hydrogens (tertiary/aromatic N) is 1. The van der Waals surface area contributed by atoms with Crippen LogP contribution in [-0.4, -0.2) is 43.7 Å². The number of amides is 1. The van der Waals surface area contributed by atoms with Gasteiger partial charge in [0.25, 0.3) is 5.91 Å². The molecule has 0 unspecified atom stereocenters. The van der Waals surface area contributed by atoms with E-state index in [1.165, 1.54) is 0 Å². The van der Waals surface area contributed by atoms with Crippen LogP contribution >= 0.6 is 15.9 Å². The lowest BCUT2D eigenvalue weighted by Gasteiger charge is -2.27. The number of carbonyl (C=O) groups excluding carboxylic acids is 1. The molecule has 1 fully saturated rings. The molecule has 0 aliphatic carbocycles. The number of halogens is 1. The number of morpholine rings is 1. The summed E-state index contributed by atoms with van der Waals surface area (Å²) in [5.74, 6) is 0.639. The summed E-state index contributed by atoms with van der Waals surface area (Å²) in [6, 6.07) is 5.51. The van der Waals surface area contributed by atoms with Gasteiger partial charge in [-0.1, -0.05) is 15.9 Å². The first-order valence-corrected chi connectivity index (χ1v) is 6.81. The highest BCUT2D eigenvalue weighted by atomic mass is 79.9. The second-order valence-electron chi connectivity index (χ2n) is 3.98. The maximum absolute atomic E-state index is 12.4. The molecule has 0 spiro atoms. The molecule has 0 atom stereocenters. The van der Waals surface area contributed by atoms with Crippen LogP contribution in [0.15, 0.2) is 22.7 Å². The van der Waals surface area contributed by atoms with Gasteiger partial charge in [-0.25, -0.2) is 0 Å². The summed E-state index contributed by atoms with van der Waals surface area (Å²) in [7, 11) is 0. The van der Waals surface area contributed by atoms with E-state index >= 15 is 0 Å². The Kier molecular flexibility index (Phi) is 4.60. The minimum absolute atomic E-state index is 0.00282. The maximum atomic E-state index is 12.4. The van der Waals surface area contributed by atoms with E-state index in [1.54, 1.807) is 4.90 Å². The number of benzene rings is 1. The van der Waals surface area contributed by atoms with Crippen molar-refractivity contribution in [3.8, 4) is 5.75 Å². The van der Waals surface area contributed by atoms with Gasteiger partial charge in [0.1, 0.15) is 5.75 Å². The summed E-state index contributed by atoms with van der Waals surface area (Å²) in [5, 5.41) is 0. The van der Waals surface area contributed by atoms with Gasteiger partial charge in [0.2, 0.25) is 0 Å². The van der Waals surface area contributed by atoms with Gasteiger partial charge in [-0.2, -0.15) is 0 Å². The summed E-state index contributed by atoms with van der Waals surface area (Å²) in [5.41, 5.74) is 0.605. The molecular weight excluding hydrogens is 298 g/mol. The molecule has 98 valence electrons. The van der Waals surface area contributed by atoms with Crippen LogP contribution in [0.3, 0.4) is 0 Å². The van der Waals surface area contributed by atoms with E-state index in [0.29, 0.717) is 44.2 Å². The highest BCUT2D eigenvalue weighted by Gasteiger charge is 2.21. The average Bonchev–Trinajstić information content (AvgIpc) is 2.41. The fraction of sp³-hybridized carbons (Fsp3) is 0.462. The number of hydrogen-bond donors (Lipinski definition) is 0. The Morgan fingerprint density at radius 2 is 2.17 bits per heavy atom. The number of ether oxygens (including phenoxy) is 2. The van der Waals surface area contributed by atoms with Crippen LogP contribution in [0.4, 0.5) is 0 Å². The molecule has 1 aliphatic heterocycles. The first kappa shape index (κ1) is 13.4. The zero-order chi connectivity index (χ0) is 13.0. The quantitative estimate of drug-likeness (QED) is 0.859. The zero-order valence-corrected chi connectivity index (χ0v) is 11.9. The molecule has 0 aromatic heterocycles. The van der Waals surface area contributed by atoms with Crippen molar-refractivity contribution in [2.24, 2.45) is 0 Å². The second kappa shape index (κ2) is 6.20. The molecule has 0 N–H and O–H groups in total. The Labute approximate surface area is 115 Å².